The molecule has 0 aliphatic carbocycles. The van der Waals surface area contributed by atoms with E-state index in [0.717, 1.165) is 32.1 Å². The highest BCUT2D eigenvalue weighted by Gasteiger charge is 2.12. The van der Waals surface area contributed by atoms with Crippen LogP contribution in [0, 0.1) is 12.7 Å². The summed E-state index contributed by atoms with van der Waals surface area (Å²) in [4.78, 5) is 14.4. The maximum Gasteiger partial charge on any atom is 0.251 e. The molecule has 0 aromatic heterocycles. The van der Waals surface area contributed by atoms with Crippen LogP contribution in [0.5, 0.6) is 0 Å². The molecule has 0 atom stereocenters. The maximum absolute atomic E-state index is 13.3. The number of ether oxygens (including phenoxy) is 1. The van der Waals surface area contributed by atoms with Crippen LogP contribution >= 0.6 is 11.8 Å². The molecule has 0 heterocycles. The van der Waals surface area contributed by atoms with Gasteiger partial charge >= 0.3 is 0 Å². The van der Waals surface area contributed by atoms with E-state index < -0.39 is 0 Å². The average molecular weight is 422 g/mol. The molecule has 1 N–H and O–H groups in total. The van der Waals surface area contributed by atoms with Crippen LogP contribution in [0.4, 0.5) is 4.39 Å². The summed E-state index contributed by atoms with van der Waals surface area (Å²) in [5.74, 6) is -0.382. The van der Waals surface area contributed by atoms with Crippen LogP contribution in [0.15, 0.2) is 83.1 Å². The first-order valence-corrected chi connectivity index (χ1v) is 10.4. The molecule has 3 rings (SSSR count). The summed E-state index contributed by atoms with van der Waals surface area (Å²) in [5.41, 5.74) is 4.35. The Morgan fingerprint density at radius 2 is 1.73 bits per heavy atom. The zero-order chi connectivity index (χ0) is 21.5. The van der Waals surface area contributed by atoms with E-state index in [1.54, 1.807) is 31.0 Å². The van der Waals surface area contributed by atoms with E-state index in [1.807, 2.05) is 49.4 Å². The van der Waals surface area contributed by atoms with Gasteiger partial charge in [-0.05, 0) is 65.6 Å². The molecule has 0 bridgehead atoms. The van der Waals surface area contributed by atoms with Crippen molar-refractivity contribution >= 4 is 23.2 Å². The van der Waals surface area contributed by atoms with Crippen molar-refractivity contribution in [1.82, 2.24) is 5.32 Å². The molecule has 0 spiro atoms. The second-order valence-corrected chi connectivity index (χ2v) is 7.90. The van der Waals surface area contributed by atoms with Crippen LogP contribution in [-0.4, -0.2) is 26.2 Å². The topological polar surface area (TPSA) is 38.3 Å². The maximum atomic E-state index is 13.3. The highest BCUT2D eigenvalue weighted by atomic mass is 32.2. The van der Waals surface area contributed by atoms with Gasteiger partial charge in [-0.15, -0.1) is 0 Å². The van der Waals surface area contributed by atoms with Gasteiger partial charge in [0.05, 0.1) is 6.61 Å². The number of methoxy groups -OCH3 is 1. The quantitative estimate of drug-likeness (QED) is 0.473. The normalized spacial score (nSPS) is 10.6. The van der Waals surface area contributed by atoms with Crippen molar-refractivity contribution in [3.05, 3.63) is 101 Å². The second kappa shape index (κ2) is 10.2. The van der Waals surface area contributed by atoms with E-state index in [0.29, 0.717) is 18.7 Å². The predicted molar refractivity (Wildman–Crippen MR) is 120 cm³/mol. The molecule has 0 unspecified atom stereocenters. The van der Waals surface area contributed by atoms with Crippen molar-refractivity contribution in [1.29, 1.82) is 0 Å². The number of nitrogens with one attached hydrogen (secondary N) is 1. The van der Waals surface area contributed by atoms with Crippen LogP contribution in [0.3, 0.4) is 0 Å². The van der Waals surface area contributed by atoms with E-state index in [9.17, 15) is 9.18 Å². The number of hydrogen-bond donors (Lipinski definition) is 1. The van der Waals surface area contributed by atoms with Gasteiger partial charge in [0.25, 0.3) is 5.91 Å². The molecule has 3 nitrogen and oxygen atoms in total. The van der Waals surface area contributed by atoms with Crippen LogP contribution in [0.1, 0.15) is 27.0 Å². The minimum absolute atomic E-state index is 0.114. The standard InChI is InChI=1S/C25H24FNO2S/c1-17-16-20(25(28)27-14-15-29-3)10-13-23(17)30-24-7-5-4-6-22(24)18(2)19-8-11-21(26)12-9-19/h4-13,16H,2,14-15H2,1,3H3,(H,27,28). The van der Waals surface area contributed by atoms with E-state index in [1.165, 1.54) is 12.1 Å². The summed E-state index contributed by atoms with van der Waals surface area (Å²) in [6.45, 7) is 7.17. The van der Waals surface area contributed by atoms with Gasteiger partial charge in [0.2, 0.25) is 0 Å². The SMILES string of the molecule is C=C(c1ccc(F)cc1)c1ccccc1Sc1ccc(C(=O)NCCOC)cc1C. The molecule has 0 saturated heterocycles. The number of carbonyl (C=O) groups excluding carboxylic acids is 1. The van der Waals surface area contributed by atoms with Crippen LogP contribution in [0.25, 0.3) is 5.57 Å². The summed E-state index contributed by atoms with van der Waals surface area (Å²) in [5, 5.41) is 2.83. The molecule has 0 fully saturated rings. The number of carbonyl (C=O) groups is 1. The summed E-state index contributed by atoms with van der Waals surface area (Å²) >= 11 is 1.62. The fraction of sp³-hybridized carbons (Fsp3) is 0.160. The van der Waals surface area contributed by atoms with E-state index in [2.05, 4.69) is 11.9 Å². The Bertz CT molecular complexity index is 1050. The molecule has 3 aromatic rings. The van der Waals surface area contributed by atoms with Gasteiger partial charge < -0.3 is 10.1 Å². The van der Waals surface area contributed by atoms with Gasteiger partial charge in [-0.1, -0.05) is 48.7 Å². The molecule has 5 heteroatoms. The number of benzene rings is 3. The Morgan fingerprint density at radius 3 is 2.43 bits per heavy atom. The average Bonchev–Trinajstić information content (AvgIpc) is 2.75. The smallest absolute Gasteiger partial charge is 0.251 e. The van der Waals surface area contributed by atoms with Gasteiger partial charge in [-0.25, -0.2) is 4.39 Å². The predicted octanol–water partition coefficient (Wildman–Crippen LogP) is 5.72. The van der Waals surface area contributed by atoms with Crippen molar-refractivity contribution in [2.45, 2.75) is 16.7 Å². The number of amides is 1. The van der Waals surface area contributed by atoms with Gasteiger partial charge in [0.1, 0.15) is 5.82 Å². The lowest BCUT2D eigenvalue weighted by atomic mass is 10.00. The first-order chi connectivity index (χ1) is 14.5. The molecule has 0 saturated carbocycles. The Balaban J connectivity index is 1.81. The van der Waals surface area contributed by atoms with Crippen molar-refractivity contribution in [2.75, 3.05) is 20.3 Å². The summed E-state index contributed by atoms with van der Waals surface area (Å²) in [6.07, 6.45) is 0. The lowest BCUT2D eigenvalue weighted by Gasteiger charge is -2.14. The van der Waals surface area contributed by atoms with E-state index in [4.69, 9.17) is 4.74 Å². The molecule has 0 aliphatic rings. The fourth-order valence-corrected chi connectivity index (χ4v) is 4.04. The zero-order valence-electron chi connectivity index (χ0n) is 17.1. The van der Waals surface area contributed by atoms with E-state index in [-0.39, 0.29) is 11.7 Å². The lowest BCUT2D eigenvalue weighted by molar-refractivity contribution is 0.0937. The van der Waals surface area contributed by atoms with Gasteiger partial charge in [-0.3, -0.25) is 4.79 Å². The highest BCUT2D eigenvalue weighted by Crippen LogP contribution is 2.37. The van der Waals surface area contributed by atoms with Crippen molar-refractivity contribution in [3.63, 3.8) is 0 Å². The van der Waals surface area contributed by atoms with Crippen molar-refractivity contribution in [3.8, 4) is 0 Å². The third-order valence-corrected chi connectivity index (χ3v) is 5.91. The summed E-state index contributed by atoms with van der Waals surface area (Å²) in [7, 11) is 1.60. The van der Waals surface area contributed by atoms with Crippen molar-refractivity contribution in [2.24, 2.45) is 0 Å². The third kappa shape index (κ3) is 5.38. The fourth-order valence-electron chi connectivity index (χ4n) is 3.00. The van der Waals surface area contributed by atoms with Gasteiger partial charge in [-0.2, -0.15) is 0 Å². The van der Waals surface area contributed by atoms with Crippen LogP contribution < -0.4 is 5.32 Å². The molecule has 1 amide bonds. The highest BCUT2D eigenvalue weighted by molar-refractivity contribution is 7.99. The van der Waals surface area contributed by atoms with Crippen LogP contribution in [0.2, 0.25) is 0 Å². The number of hydrogen-bond acceptors (Lipinski definition) is 3. The zero-order valence-corrected chi connectivity index (χ0v) is 17.9. The molecule has 154 valence electrons. The Kier molecular flexibility index (Phi) is 7.44. The molecular formula is C25H24FNO2S. The number of rotatable bonds is 8. The Labute approximate surface area is 181 Å². The van der Waals surface area contributed by atoms with Crippen LogP contribution in [-0.2, 0) is 4.74 Å². The molecule has 3 aromatic carbocycles. The summed E-state index contributed by atoms with van der Waals surface area (Å²) in [6, 6.07) is 20.0. The first-order valence-electron chi connectivity index (χ1n) is 9.59. The number of halogens is 1. The third-order valence-electron chi connectivity index (χ3n) is 4.65. The molecule has 0 radical (unpaired) electrons. The molecule has 0 aliphatic heterocycles. The minimum atomic E-state index is -0.267. The largest absolute Gasteiger partial charge is 0.383 e. The van der Waals surface area contributed by atoms with E-state index >= 15 is 0 Å². The Hall–Kier alpha value is -2.89. The lowest BCUT2D eigenvalue weighted by Crippen LogP contribution is -2.26. The van der Waals surface area contributed by atoms with Gasteiger partial charge in [0, 0.05) is 29.0 Å². The monoisotopic (exact) mass is 421 g/mol. The molecule has 30 heavy (non-hydrogen) atoms. The molecular weight excluding hydrogens is 397 g/mol. The van der Waals surface area contributed by atoms with Crippen molar-refractivity contribution < 1.29 is 13.9 Å². The van der Waals surface area contributed by atoms with Gasteiger partial charge in [0.15, 0.2) is 0 Å². The summed E-state index contributed by atoms with van der Waals surface area (Å²) < 4.78 is 18.2. The number of aryl methyl sites for hydroxylation is 1. The minimum Gasteiger partial charge on any atom is -0.383 e. The Morgan fingerprint density at radius 1 is 1.03 bits per heavy atom. The first kappa shape index (κ1) is 21.8. The second-order valence-electron chi connectivity index (χ2n) is 6.81.